The molecule has 3 amide bonds. The highest BCUT2D eigenvalue weighted by Crippen LogP contribution is 2.33. The zero-order valence-corrected chi connectivity index (χ0v) is 17.4. The molecule has 30 heavy (non-hydrogen) atoms. The van der Waals surface area contributed by atoms with Gasteiger partial charge in [-0.2, -0.15) is 0 Å². The third kappa shape index (κ3) is 5.34. The summed E-state index contributed by atoms with van der Waals surface area (Å²) in [7, 11) is 0. The fourth-order valence-electron chi connectivity index (χ4n) is 2.80. The van der Waals surface area contributed by atoms with Crippen LogP contribution < -0.4 is 5.32 Å². The van der Waals surface area contributed by atoms with E-state index in [1.165, 1.54) is 12.1 Å². The van der Waals surface area contributed by atoms with E-state index >= 15 is 0 Å². The maximum absolute atomic E-state index is 12.5. The number of phenolic OH excluding ortho intramolecular Hbond substituents is 2. The summed E-state index contributed by atoms with van der Waals surface area (Å²) in [4.78, 5) is 38.0. The first-order valence-corrected chi connectivity index (χ1v) is 10.3. The molecule has 0 unspecified atom stereocenters. The van der Waals surface area contributed by atoms with Crippen LogP contribution in [0.3, 0.4) is 0 Å². The van der Waals surface area contributed by atoms with Gasteiger partial charge in [-0.3, -0.25) is 19.3 Å². The number of aromatic hydroxyl groups is 2. The number of nitrogens with zero attached hydrogens (tertiary/aromatic N) is 1. The lowest BCUT2D eigenvalue weighted by molar-refractivity contribution is -0.124. The number of carbonyl (C=O) groups excluding carboxylic acids is 3. The highest BCUT2D eigenvalue weighted by atomic mass is 35.5. The van der Waals surface area contributed by atoms with Crippen LogP contribution in [0.2, 0.25) is 5.02 Å². The van der Waals surface area contributed by atoms with Crippen molar-refractivity contribution in [2.24, 2.45) is 0 Å². The Morgan fingerprint density at radius 2 is 1.90 bits per heavy atom. The molecule has 0 radical (unpaired) electrons. The van der Waals surface area contributed by atoms with Gasteiger partial charge in [-0.25, -0.2) is 0 Å². The number of hydrogen-bond acceptors (Lipinski definition) is 6. The van der Waals surface area contributed by atoms with E-state index in [0.717, 1.165) is 22.2 Å². The monoisotopic (exact) mass is 446 g/mol. The van der Waals surface area contributed by atoms with Crippen molar-refractivity contribution in [3.63, 3.8) is 0 Å². The van der Waals surface area contributed by atoms with Crippen LogP contribution in [0.25, 0.3) is 6.08 Å². The van der Waals surface area contributed by atoms with E-state index in [0.29, 0.717) is 23.6 Å². The number of thioether (sulfide) groups is 1. The summed E-state index contributed by atoms with van der Waals surface area (Å²) in [6.45, 7) is 0.299. The van der Waals surface area contributed by atoms with Gasteiger partial charge in [0.05, 0.1) is 4.91 Å². The van der Waals surface area contributed by atoms with Crippen LogP contribution in [-0.4, -0.2) is 45.3 Å². The van der Waals surface area contributed by atoms with Gasteiger partial charge in [0.1, 0.15) is 0 Å². The lowest BCUT2D eigenvalue weighted by Gasteiger charge is -2.12. The number of carbonyl (C=O) groups is 3. The van der Waals surface area contributed by atoms with Gasteiger partial charge >= 0.3 is 0 Å². The minimum atomic E-state index is -0.447. The minimum absolute atomic E-state index is 0.0156. The molecule has 1 aliphatic heterocycles. The van der Waals surface area contributed by atoms with Crippen molar-refractivity contribution in [2.45, 2.75) is 12.8 Å². The molecule has 9 heteroatoms. The van der Waals surface area contributed by atoms with Crippen LogP contribution in [0.15, 0.2) is 47.4 Å². The number of halogens is 1. The van der Waals surface area contributed by atoms with Crippen molar-refractivity contribution in [1.82, 2.24) is 10.2 Å². The molecule has 3 rings (SSSR count). The average molecular weight is 447 g/mol. The first-order chi connectivity index (χ1) is 14.3. The molecule has 1 aliphatic rings. The number of phenols is 2. The smallest absolute Gasteiger partial charge is 0.293 e. The summed E-state index contributed by atoms with van der Waals surface area (Å²) in [5.74, 6) is -1.17. The Kier molecular flexibility index (Phi) is 7.02. The van der Waals surface area contributed by atoms with Crippen LogP contribution in [0.1, 0.15) is 17.5 Å². The largest absolute Gasteiger partial charge is 0.504 e. The van der Waals surface area contributed by atoms with Gasteiger partial charge in [-0.1, -0.05) is 35.9 Å². The molecule has 2 aromatic carbocycles. The van der Waals surface area contributed by atoms with Crippen molar-refractivity contribution >= 4 is 46.5 Å². The lowest BCUT2D eigenvalue weighted by Crippen LogP contribution is -2.34. The van der Waals surface area contributed by atoms with Crippen LogP contribution in [0.5, 0.6) is 11.5 Å². The number of nitrogens with one attached hydrogen (secondary N) is 1. The van der Waals surface area contributed by atoms with E-state index in [1.54, 1.807) is 36.4 Å². The van der Waals surface area contributed by atoms with Crippen LogP contribution >= 0.6 is 23.4 Å². The van der Waals surface area contributed by atoms with E-state index in [-0.39, 0.29) is 35.3 Å². The summed E-state index contributed by atoms with van der Waals surface area (Å²) < 4.78 is 0. The van der Waals surface area contributed by atoms with E-state index in [9.17, 15) is 24.6 Å². The maximum atomic E-state index is 12.5. The average Bonchev–Trinajstić information content (AvgIpc) is 2.97. The molecule has 1 heterocycles. The summed E-state index contributed by atoms with van der Waals surface area (Å²) in [5.41, 5.74) is 1.39. The fourth-order valence-corrected chi connectivity index (χ4v) is 3.84. The fraction of sp³-hybridized carbons (Fsp3) is 0.190. The molecular weight excluding hydrogens is 428 g/mol. The molecule has 0 spiro atoms. The third-order valence-electron chi connectivity index (χ3n) is 4.40. The predicted molar refractivity (Wildman–Crippen MR) is 115 cm³/mol. The SMILES string of the molecule is O=C(CCN1C(=O)SC(=Cc2ccccc2Cl)C1=O)NCCc1ccc(O)c(O)c1. The predicted octanol–water partition coefficient (Wildman–Crippen LogP) is 3.54. The van der Waals surface area contributed by atoms with E-state index < -0.39 is 11.1 Å². The van der Waals surface area contributed by atoms with Gasteiger partial charge in [0.2, 0.25) is 5.91 Å². The maximum Gasteiger partial charge on any atom is 0.293 e. The van der Waals surface area contributed by atoms with E-state index in [1.807, 2.05) is 0 Å². The number of hydrogen-bond donors (Lipinski definition) is 3. The molecular formula is C21H19ClN2O5S. The second kappa shape index (κ2) is 9.69. The van der Waals surface area contributed by atoms with Crippen molar-refractivity contribution < 1.29 is 24.6 Å². The Balaban J connectivity index is 1.49. The van der Waals surface area contributed by atoms with Gasteiger partial charge in [-0.15, -0.1) is 0 Å². The topological polar surface area (TPSA) is 107 Å². The summed E-state index contributed by atoms with van der Waals surface area (Å²) >= 11 is 6.91. The van der Waals surface area contributed by atoms with Gasteiger partial charge in [0.15, 0.2) is 11.5 Å². The normalized spacial score (nSPS) is 15.1. The first kappa shape index (κ1) is 21.7. The van der Waals surface area contributed by atoms with Crippen LogP contribution in [-0.2, 0) is 16.0 Å². The van der Waals surface area contributed by atoms with Crippen molar-refractivity contribution in [2.75, 3.05) is 13.1 Å². The van der Waals surface area contributed by atoms with Gasteiger partial charge < -0.3 is 15.5 Å². The van der Waals surface area contributed by atoms with Gasteiger partial charge in [-0.05, 0) is 53.6 Å². The Bertz CT molecular complexity index is 1020. The summed E-state index contributed by atoms with van der Waals surface area (Å²) in [6.07, 6.45) is 2.01. The Morgan fingerprint density at radius 1 is 1.13 bits per heavy atom. The number of amides is 3. The molecule has 156 valence electrons. The standard InChI is InChI=1S/C21H19ClN2O5S/c22-15-4-2-1-3-14(15)12-18-20(28)24(21(29)30-18)10-8-19(27)23-9-7-13-5-6-16(25)17(26)11-13/h1-6,11-12,25-26H,7-10H2,(H,23,27). The summed E-state index contributed by atoms with van der Waals surface area (Å²) in [5, 5.41) is 21.5. The van der Waals surface area contributed by atoms with Crippen LogP contribution in [0, 0.1) is 0 Å². The van der Waals surface area contributed by atoms with Crippen molar-refractivity contribution in [1.29, 1.82) is 0 Å². The molecule has 3 N–H and O–H groups in total. The molecule has 2 aromatic rings. The Hall–Kier alpha value is -2.97. The number of benzene rings is 2. The van der Waals surface area contributed by atoms with Crippen LogP contribution in [0.4, 0.5) is 4.79 Å². The molecule has 0 atom stereocenters. The first-order valence-electron chi connectivity index (χ1n) is 9.12. The summed E-state index contributed by atoms with van der Waals surface area (Å²) in [6, 6.07) is 11.4. The van der Waals surface area contributed by atoms with Crippen molar-refractivity contribution in [3.8, 4) is 11.5 Å². The third-order valence-corrected chi connectivity index (χ3v) is 5.66. The number of rotatable bonds is 7. The molecule has 0 aliphatic carbocycles. The Morgan fingerprint density at radius 3 is 2.63 bits per heavy atom. The molecule has 1 saturated heterocycles. The second-order valence-electron chi connectivity index (χ2n) is 6.53. The zero-order chi connectivity index (χ0) is 21.7. The molecule has 1 fully saturated rings. The van der Waals surface area contributed by atoms with Gasteiger partial charge in [0.25, 0.3) is 11.1 Å². The molecule has 7 nitrogen and oxygen atoms in total. The molecule has 0 aromatic heterocycles. The zero-order valence-electron chi connectivity index (χ0n) is 15.8. The van der Waals surface area contributed by atoms with E-state index in [2.05, 4.69) is 5.32 Å². The number of imide groups is 1. The highest BCUT2D eigenvalue weighted by Gasteiger charge is 2.35. The van der Waals surface area contributed by atoms with Gasteiger partial charge in [0, 0.05) is 24.5 Å². The van der Waals surface area contributed by atoms with E-state index in [4.69, 9.17) is 11.6 Å². The quantitative estimate of drug-likeness (QED) is 0.443. The van der Waals surface area contributed by atoms with Crippen molar-refractivity contribution in [3.05, 3.63) is 63.5 Å². The minimum Gasteiger partial charge on any atom is -0.504 e. The highest BCUT2D eigenvalue weighted by molar-refractivity contribution is 8.18. The molecule has 0 bridgehead atoms. The lowest BCUT2D eigenvalue weighted by atomic mass is 10.1. The Labute approximate surface area is 182 Å². The molecule has 0 saturated carbocycles. The second-order valence-corrected chi connectivity index (χ2v) is 7.93.